The number of hydrogen-bond donors (Lipinski definition) is 2. The van der Waals surface area contributed by atoms with Crippen molar-refractivity contribution in [2.75, 3.05) is 27.3 Å². The number of hydrogen-bond acceptors (Lipinski definition) is 5. The van der Waals surface area contributed by atoms with Crippen molar-refractivity contribution >= 4 is 12.0 Å². The fraction of sp³-hybridized carbons (Fsp3) is 0.304. The highest BCUT2D eigenvalue weighted by molar-refractivity contribution is 5.95. The predicted octanol–water partition coefficient (Wildman–Crippen LogP) is 3.00. The van der Waals surface area contributed by atoms with Crippen LogP contribution in [0.4, 0.5) is 4.79 Å². The minimum Gasteiger partial charge on any atom is -0.497 e. The Morgan fingerprint density at radius 2 is 1.77 bits per heavy atom. The lowest BCUT2D eigenvalue weighted by molar-refractivity contribution is -0.139. The molecule has 0 fully saturated rings. The Morgan fingerprint density at radius 1 is 1.07 bits per heavy atom. The summed E-state index contributed by atoms with van der Waals surface area (Å²) < 4.78 is 10.5. The van der Waals surface area contributed by atoms with E-state index in [0.717, 1.165) is 11.1 Å². The molecule has 2 aromatic rings. The van der Waals surface area contributed by atoms with Gasteiger partial charge in [0, 0.05) is 18.8 Å². The summed E-state index contributed by atoms with van der Waals surface area (Å²) in [6.07, 6.45) is 0. The lowest BCUT2D eigenvalue weighted by Crippen LogP contribution is -2.48. The fourth-order valence-electron chi connectivity index (χ4n) is 3.46. The van der Waals surface area contributed by atoms with E-state index in [0.29, 0.717) is 30.1 Å². The SMILES string of the molecule is CCOC(=O)C1=C(CN(C)Cc2ccccc2)NC(=O)NC1c1ccc(OC)cc1. The molecule has 7 heteroatoms. The van der Waals surface area contributed by atoms with E-state index in [2.05, 4.69) is 10.6 Å². The minimum absolute atomic E-state index is 0.249. The molecule has 1 atom stereocenters. The second kappa shape index (κ2) is 9.93. The third kappa shape index (κ3) is 5.18. The highest BCUT2D eigenvalue weighted by atomic mass is 16.5. The van der Waals surface area contributed by atoms with E-state index in [1.165, 1.54) is 0 Å². The molecule has 1 aliphatic rings. The van der Waals surface area contributed by atoms with Crippen molar-refractivity contribution in [1.82, 2.24) is 15.5 Å². The molecule has 2 amide bonds. The summed E-state index contributed by atoms with van der Waals surface area (Å²) in [4.78, 5) is 27.3. The molecule has 3 rings (SSSR count). The molecular weight excluding hydrogens is 382 g/mol. The van der Waals surface area contributed by atoms with Crippen LogP contribution < -0.4 is 15.4 Å². The van der Waals surface area contributed by atoms with Crippen LogP contribution in [-0.2, 0) is 16.1 Å². The molecule has 0 aliphatic carbocycles. The number of esters is 1. The summed E-state index contributed by atoms with van der Waals surface area (Å²) >= 11 is 0. The van der Waals surface area contributed by atoms with Gasteiger partial charge in [0.25, 0.3) is 0 Å². The van der Waals surface area contributed by atoms with Crippen molar-refractivity contribution in [3.05, 3.63) is 77.0 Å². The van der Waals surface area contributed by atoms with Crippen LogP contribution in [0.15, 0.2) is 65.9 Å². The van der Waals surface area contributed by atoms with E-state index in [1.54, 1.807) is 26.2 Å². The molecule has 30 heavy (non-hydrogen) atoms. The summed E-state index contributed by atoms with van der Waals surface area (Å²) in [7, 11) is 3.53. The Labute approximate surface area is 176 Å². The van der Waals surface area contributed by atoms with Gasteiger partial charge < -0.3 is 20.1 Å². The molecule has 1 aliphatic heterocycles. The van der Waals surface area contributed by atoms with Gasteiger partial charge >= 0.3 is 12.0 Å². The first kappa shape index (κ1) is 21.4. The average Bonchev–Trinajstić information content (AvgIpc) is 2.74. The van der Waals surface area contributed by atoms with Crippen molar-refractivity contribution in [1.29, 1.82) is 0 Å². The van der Waals surface area contributed by atoms with E-state index >= 15 is 0 Å². The maximum Gasteiger partial charge on any atom is 0.338 e. The van der Waals surface area contributed by atoms with Crippen molar-refractivity contribution in [2.24, 2.45) is 0 Å². The fourth-order valence-corrected chi connectivity index (χ4v) is 3.46. The van der Waals surface area contributed by atoms with Crippen LogP contribution in [0, 0.1) is 0 Å². The third-order valence-electron chi connectivity index (χ3n) is 4.82. The minimum atomic E-state index is -0.608. The van der Waals surface area contributed by atoms with Crippen LogP contribution in [0.25, 0.3) is 0 Å². The van der Waals surface area contributed by atoms with Crippen molar-refractivity contribution in [3.63, 3.8) is 0 Å². The summed E-state index contributed by atoms with van der Waals surface area (Å²) in [6, 6.07) is 16.3. The Balaban J connectivity index is 1.92. The zero-order valence-electron chi connectivity index (χ0n) is 17.5. The molecular formula is C23H27N3O4. The smallest absolute Gasteiger partial charge is 0.338 e. The normalized spacial score (nSPS) is 16.1. The highest BCUT2D eigenvalue weighted by Crippen LogP contribution is 2.29. The van der Waals surface area contributed by atoms with Crippen molar-refractivity contribution in [3.8, 4) is 5.75 Å². The van der Waals surface area contributed by atoms with Gasteiger partial charge in [-0.15, -0.1) is 0 Å². The van der Waals surface area contributed by atoms with Crippen LogP contribution in [0.2, 0.25) is 0 Å². The second-order valence-corrected chi connectivity index (χ2v) is 7.08. The summed E-state index contributed by atoms with van der Waals surface area (Å²) in [5, 5.41) is 5.65. The number of urea groups is 1. The number of amides is 2. The summed E-state index contributed by atoms with van der Waals surface area (Å²) in [6.45, 7) is 3.08. The van der Waals surface area contributed by atoms with Crippen molar-refractivity contribution < 1.29 is 19.1 Å². The molecule has 0 saturated carbocycles. The quantitative estimate of drug-likeness (QED) is 0.655. The molecule has 2 N–H and O–H groups in total. The Morgan fingerprint density at radius 3 is 2.40 bits per heavy atom. The summed E-state index contributed by atoms with van der Waals surface area (Å²) in [5.41, 5.74) is 2.86. The molecule has 7 nitrogen and oxygen atoms in total. The first-order valence-corrected chi connectivity index (χ1v) is 9.86. The van der Waals surface area contributed by atoms with E-state index in [4.69, 9.17) is 9.47 Å². The van der Waals surface area contributed by atoms with Gasteiger partial charge in [-0.3, -0.25) is 4.90 Å². The highest BCUT2D eigenvalue weighted by Gasteiger charge is 2.34. The van der Waals surface area contributed by atoms with Crippen LogP contribution in [-0.4, -0.2) is 44.2 Å². The molecule has 2 aromatic carbocycles. The molecule has 158 valence electrons. The lowest BCUT2D eigenvalue weighted by atomic mass is 9.95. The van der Waals surface area contributed by atoms with Crippen molar-refractivity contribution in [2.45, 2.75) is 19.5 Å². The number of carbonyl (C=O) groups is 2. The van der Waals surface area contributed by atoms with Crippen LogP contribution in [0.5, 0.6) is 5.75 Å². The number of benzene rings is 2. The summed E-state index contributed by atoms with van der Waals surface area (Å²) in [5.74, 6) is 0.248. The first-order chi connectivity index (χ1) is 14.5. The molecule has 1 heterocycles. The second-order valence-electron chi connectivity index (χ2n) is 7.08. The van der Waals surface area contributed by atoms with E-state index in [9.17, 15) is 9.59 Å². The van der Waals surface area contributed by atoms with E-state index < -0.39 is 12.0 Å². The molecule has 0 radical (unpaired) electrons. The first-order valence-electron chi connectivity index (χ1n) is 9.86. The Bertz CT molecular complexity index is 910. The zero-order chi connectivity index (χ0) is 21.5. The molecule has 1 unspecified atom stereocenters. The predicted molar refractivity (Wildman–Crippen MR) is 114 cm³/mol. The standard InChI is InChI=1S/C23H27N3O4/c1-4-30-22(27)20-19(15-26(2)14-16-8-6-5-7-9-16)24-23(28)25-21(20)17-10-12-18(29-3)13-11-17/h5-13,21H,4,14-15H2,1-3H3,(H2,24,25,28). The number of likely N-dealkylation sites (N-methyl/N-ethyl adjacent to an activating group) is 1. The average molecular weight is 409 g/mol. The third-order valence-corrected chi connectivity index (χ3v) is 4.82. The van der Waals surface area contributed by atoms with E-state index in [-0.39, 0.29) is 12.6 Å². The zero-order valence-corrected chi connectivity index (χ0v) is 17.5. The largest absolute Gasteiger partial charge is 0.497 e. The van der Waals surface area contributed by atoms with Crippen LogP contribution in [0.3, 0.4) is 0 Å². The monoisotopic (exact) mass is 409 g/mol. The van der Waals surface area contributed by atoms with Gasteiger partial charge in [-0.2, -0.15) is 0 Å². The number of nitrogens with zero attached hydrogens (tertiary/aromatic N) is 1. The van der Waals surface area contributed by atoms with Gasteiger partial charge in [-0.1, -0.05) is 42.5 Å². The molecule has 0 spiro atoms. The number of rotatable bonds is 8. The number of methoxy groups -OCH3 is 1. The topological polar surface area (TPSA) is 79.9 Å². The maximum atomic E-state index is 12.8. The van der Waals surface area contributed by atoms with Crippen LogP contribution in [0.1, 0.15) is 24.1 Å². The molecule has 0 aromatic heterocycles. The van der Waals surface area contributed by atoms with Gasteiger partial charge in [0.05, 0.1) is 25.3 Å². The van der Waals surface area contributed by atoms with E-state index in [1.807, 2.05) is 54.4 Å². The molecule has 0 saturated heterocycles. The lowest BCUT2D eigenvalue weighted by Gasteiger charge is -2.31. The number of nitrogens with one attached hydrogen (secondary N) is 2. The maximum absolute atomic E-state index is 12.8. The van der Waals surface area contributed by atoms with Gasteiger partial charge in [0.1, 0.15) is 5.75 Å². The van der Waals surface area contributed by atoms with Gasteiger partial charge in [0.2, 0.25) is 0 Å². The molecule has 0 bridgehead atoms. The Kier molecular flexibility index (Phi) is 7.08. The van der Waals surface area contributed by atoms with Gasteiger partial charge in [-0.05, 0) is 37.2 Å². The van der Waals surface area contributed by atoms with Gasteiger partial charge in [0.15, 0.2) is 0 Å². The Hall–Kier alpha value is -3.32. The van der Waals surface area contributed by atoms with Gasteiger partial charge in [-0.25, -0.2) is 9.59 Å². The number of carbonyl (C=O) groups excluding carboxylic acids is 2. The van der Waals surface area contributed by atoms with Crippen LogP contribution >= 0.6 is 0 Å². The number of ether oxygens (including phenoxy) is 2.